The molecule has 7 nitrogen and oxygen atoms in total. The Balaban J connectivity index is 1.57. The molecule has 1 N–H and O–H groups in total. The van der Waals surface area contributed by atoms with E-state index in [1.807, 2.05) is 26.0 Å². The zero-order valence-corrected chi connectivity index (χ0v) is 20.5. The fraction of sp³-hybridized carbons (Fsp3) is 0.480. The number of anilines is 1. The Morgan fingerprint density at radius 1 is 1.00 bits per heavy atom. The standard InChI is InChI=1S/C25H34N2O5S/c1-4-17-32-23-12-7-19(18-24(23)31-5-2)25(28)26-20-13-15-27(16-14-20)21-8-10-22(11-9-21)33(29,30)6-3/h7-12,18,20H,4-6,13-17H2,1-3H3,(H,26,28). The van der Waals surface area contributed by atoms with Crippen LogP contribution in [0.15, 0.2) is 47.4 Å². The minimum Gasteiger partial charge on any atom is -0.490 e. The molecule has 1 heterocycles. The quantitative estimate of drug-likeness (QED) is 0.559. The van der Waals surface area contributed by atoms with Crippen molar-refractivity contribution in [3.63, 3.8) is 0 Å². The van der Waals surface area contributed by atoms with Crippen molar-refractivity contribution in [2.24, 2.45) is 0 Å². The maximum atomic E-state index is 12.8. The zero-order valence-electron chi connectivity index (χ0n) is 19.7. The highest BCUT2D eigenvalue weighted by Gasteiger charge is 2.22. The first-order chi connectivity index (χ1) is 15.9. The van der Waals surface area contributed by atoms with Crippen LogP contribution in [0.2, 0.25) is 0 Å². The lowest BCUT2D eigenvalue weighted by Crippen LogP contribution is -2.44. The Morgan fingerprint density at radius 3 is 2.30 bits per heavy atom. The number of amides is 1. The highest BCUT2D eigenvalue weighted by atomic mass is 32.2. The van der Waals surface area contributed by atoms with Crippen LogP contribution in [0.25, 0.3) is 0 Å². The normalized spacial score (nSPS) is 14.7. The number of nitrogens with zero attached hydrogens (tertiary/aromatic N) is 1. The van der Waals surface area contributed by atoms with Crippen LogP contribution in [0.3, 0.4) is 0 Å². The fourth-order valence-corrected chi connectivity index (χ4v) is 4.71. The van der Waals surface area contributed by atoms with Crippen molar-refractivity contribution in [1.82, 2.24) is 5.32 Å². The first-order valence-corrected chi connectivity index (χ1v) is 13.3. The molecule has 1 fully saturated rings. The van der Waals surface area contributed by atoms with Crippen LogP contribution in [0, 0.1) is 0 Å². The van der Waals surface area contributed by atoms with E-state index in [1.165, 1.54) is 0 Å². The van der Waals surface area contributed by atoms with Gasteiger partial charge < -0.3 is 19.7 Å². The van der Waals surface area contributed by atoms with Gasteiger partial charge in [0.25, 0.3) is 5.91 Å². The summed E-state index contributed by atoms with van der Waals surface area (Å²) in [4.78, 5) is 15.4. The minimum absolute atomic E-state index is 0.0834. The van der Waals surface area contributed by atoms with Crippen molar-refractivity contribution in [1.29, 1.82) is 0 Å². The average Bonchev–Trinajstić information content (AvgIpc) is 2.84. The number of ether oxygens (including phenoxy) is 2. The monoisotopic (exact) mass is 474 g/mol. The molecule has 0 bridgehead atoms. The van der Waals surface area contributed by atoms with E-state index in [-0.39, 0.29) is 17.7 Å². The number of hydrogen-bond donors (Lipinski definition) is 1. The Labute approximate surface area is 197 Å². The average molecular weight is 475 g/mol. The molecule has 1 aliphatic heterocycles. The van der Waals surface area contributed by atoms with E-state index in [2.05, 4.69) is 10.2 Å². The lowest BCUT2D eigenvalue weighted by molar-refractivity contribution is 0.0930. The van der Waals surface area contributed by atoms with E-state index in [0.29, 0.717) is 35.2 Å². The third kappa shape index (κ3) is 6.41. The molecule has 2 aromatic carbocycles. The van der Waals surface area contributed by atoms with Crippen LogP contribution in [0.4, 0.5) is 5.69 Å². The molecular weight excluding hydrogens is 440 g/mol. The van der Waals surface area contributed by atoms with Crippen molar-refractivity contribution >= 4 is 21.4 Å². The van der Waals surface area contributed by atoms with Crippen LogP contribution in [-0.2, 0) is 9.84 Å². The summed E-state index contributed by atoms with van der Waals surface area (Å²) in [5.41, 5.74) is 1.55. The van der Waals surface area contributed by atoms with Gasteiger partial charge in [-0.2, -0.15) is 0 Å². The molecular formula is C25H34N2O5S. The molecule has 3 rings (SSSR count). The van der Waals surface area contributed by atoms with Gasteiger partial charge in [0.15, 0.2) is 21.3 Å². The summed E-state index contributed by atoms with van der Waals surface area (Å²) in [7, 11) is -3.19. The topological polar surface area (TPSA) is 84.9 Å². The molecule has 0 saturated carbocycles. The second kappa shape index (κ2) is 11.4. The molecule has 0 atom stereocenters. The minimum atomic E-state index is -3.19. The third-order valence-corrected chi connectivity index (χ3v) is 7.49. The van der Waals surface area contributed by atoms with Gasteiger partial charge in [-0.3, -0.25) is 4.79 Å². The fourth-order valence-electron chi connectivity index (χ4n) is 3.83. The van der Waals surface area contributed by atoms with Crippen LogP contribution in [0.5, 0.6) is 11.5 Å². The van der Waals surface area contributed by atoms with Gasteiger partial charge >= 0.3 is 0 Å². The molecule has 33 heavy (non-hydrogen) atoms. The van der Waals surface area contributed by atoms with Crippen LogP contribution in [0.1, 0.15) is 50.4 Å². The molecule has 0 radical (unpaired) electrons. The maximum Gasteiger partial charge on any atom is 0.251 e. The van der Waals surface area contributed by atoms with E-state index >= 15 is 0 Å². The van der Waals surface area contributed by atoms with Crippen LogP contribution >= 0.6 is 0 Å². The maximum absolute atomic E-state index is 12.8. The van der Waals surface area contributed by atoms with Crippen LogP contribution in [-0.4, -0.2) is 52.4 Å². The molecule has 0 aromatic heterocycles. The van der Waals surface area contributed by atoms with Crippen LogP contribution < -0.4 is 19.7 Å². The number of hydrogen-bond acceptors (Lipinski definition) is 6. The lowest BCUT2D eigenvalue weighted by Gasteiger charge is -2.34. The van der Waals surface area contributed by atoms with Crippen molar-refractivity contribution in [3.8, 4) is 11.5 Å². The van der Waals surface area contributed by atoms with Crippen molar-refractivity contribution in [3.05, 3.63) is 48.0 Å². The van der Waals surface area contributed by atoms with Crippen molar-refractivity contribution in [2.75, 3.05) is 37.0 Å². The number of piperidine rings is 1. The second-order valence-electron chi connectivity index (χ2n) is 8.08. The lowest BCUT2D eigenvalue weighted by atomic mass is 10.0. The predicted octanol–water partition coefficient (Wildman–Crippen LogP) is 4.07. The van der Waals surface area contributed by atoms with Gasteiger partial charge in [-0.05, 0) is 68.7 Å². The van der Waals surface area contributed by atoms with Gasteiger partial charge in [0.05, 0.1) is 23.9 Å². The zero-order chi connectivity index (χ0) is 23.8. The molecule has 0 unspecified atom stereocenters. The molecule has 1 amide bonds. The number of nitrogens with one attached hydrogen (secondary N) is 1. The molecule has 2 aromatic rings. The highest BCUT2D eigenvalue weighted by Crippen LogP contribution is 2.29. The third-order valence-electron chi connectivity index (χ3n) is 5.74. The summed E-state index contributed by atoms with van der Waals surface area (Å²) >= 11 is 0. The Morgan fingerprint density at radius 2 is 1.70 bits per heavy atom. The van der Waals surface area contributed by atoms with E-state index < -0.39 is 9.84 Å². The summed E-state index contributed by atoms with van der Waals surface area (Å²) in [5, 5.41) is 3.13. The van der Waals surface area contributed by atoms with E-state index in [0.717, 1.165) is 38.0 Å². The van der Waals surface area contributed by atoms with Gasteiger partial charge in [0, 0.05) is 30.4 Å². The molecule has 8 heteroatoms. The number of carbonyl (C=O) groups is 1. The van der Waals surface area contributed by atoms with Crippen molar-refractivity contribution < 1.29 is 22.7 Å². The number of benzene rings is 2. The summed E-state index contributed by atoms with van der Waals surface area (Å²) < 4.78 is 35.4. The van der Waals surface area contributed by atoms with Gasteiger partial charge in [0.1, 0.15) is 0 Å². The summed E-state index contributed by atoms with van der Waals surface area (Å²) in [6.45, 7) is 8.27. The molecule has 1 aliphatic rings. The Bertz CT molecular complexity index is 1030. The Hall–Kier alpha value is -2.74. The predicted molar refractivity (Wildman–Crippen MR) is 130 cm³/mol. The summed E-state index contributed by atoms with van der Waals surface area (Å²) in [6, 6.07) is 12.4. The molecule has 0 spiro atoms. The van der Waals surface area contributed by atoms with Crippen molar-refractivity contribution in [2.45, 2.75) is 51.0 Å². The number of carbonyl (C=O) groups excluding carboxylic acids is 1. The largest absolute Gasteiger partial charge is 0.490 e. The second-order valence-corrected chi connectivity index (χ2v) is 10.4. The number of rotatable bonds is 10. The Kier molecular flexibility index (Phi) is 8.61. The smallest absolute Gasteiger partial charge is 0.251 e. The van der Waals surface area contributed by atoms with Gasteiger partial charge in [-0.25, -0.2) is 8.42 Å². The first kappa shape index (κ1) is 24.9. The summed E-state index contributed by atoms with van der Waals surface area (Å²) in [6.07, 6.45) is 2.53. The van der Waals surface area contributed by atoms with Gasteiger partial charge in [-0.1, -0.05) is 13.8 Å². The molecule has 1 saturated heterocycles. The van der Waals surface area contributed by atoms with E-state index in [9.17, 15) is 13.2 Å². The number of sulfone groups is 1. The van der Waals surface area contributed by atoms with E-state index in [1.54, 1.807) is 37.3 Å². The molecule has 180 valence electrons. The summed E-state index contributed by atoms with van der Waals surface area (Å²) in [5.74, 6) is 1.21. The highest BCUT2D eigenvalue weighted by molar-refractivity contribution is 7.91. The van der Waals surface area contributed by atoms with E-state index in [4.69, 9.17) is 9.47 Å². The van der Waals surface area contributed by atoms with Gasteiger partial charge in [-0.15, -0.1) is 0 Å². The first-order valence-electron chi connectivity index (χ1n) is 11.7. The van der Waals surface area contributed by atoms with Gasteiger partial charge in [0.2, 0.25) is 0 Å². The molecule has 0 aliphatic carbocycles. The SMILES string of the molecule is CCCOc1ccc(C(=O)NC2CCN(c3ccc(S(=O)(=O)CC)cc3)CC2)cc1OCC.